The summed E-state index contributed by atoms with van der Waals surface area (Å²) >= 11 is 0. The number of phenolic OH excluding ortho intramolecular Hbond substituents is 6. The van der Waals surface area contributed by atoms with Gasteiger partial charge in [0, 0.05) is 45.2 Å². The third-order valence-electron chi connectivity index (χ3n) is 6.00. The molecule has 8 nitrogen and oxygen atoms in total. The molecule has 1 aliphatic carbocycles. The summed E-state index contributed by atoms with van der Waals surface area (Å²) in [6.45, 7) is 5.72. The van der Waals surface area contributed by atoms with Crippen LogP contribution in [-0.2, 0) is 0 Å². The quantitative estimate of drug-likeness (QED) is 0.383. The molecule has 3 rings (SSSR count). The van der Waals surface area contributed by atoms with Crippen molar-refractivity contribution in [2.75, 3.05) is 0 Å². The first-order valence-electron chi connectivity index (χ1n) is 8.77. The van der Waals surface area contributed by atoms with Crippen LogP contribution in [0, 0.1) is 27.7 Å². The molecule has 1 aliphatic rings. The highest BCUT2D eigenvalue weighted by molar-refractivity contribution is 5.66. The lowest BCUT2D eigenvalue weighted by Crippen LogP contribution is -2.51. The minimum absolute atomic E-state index is 0.0927. The first-order chi connectivity index (χ1) is 12.9. The minimum atomic E-state index is -1.37. The predicted molar refractivity (Wildman–Crippen MR) is 99.3 cm³/mol. The van der Waals surface area contributed by atoms with Crippen molar-refractivity contribution in [3.8, 4) is 34.5 Å². The molecule has 0 spiro atoms. The maximum atomic E-state index is 10.7. The Bertz CT molecular complexity index is 836. The van der Waals surface area contributed by atoms with Gasteiger partial charge in [-0.15, -0.1) is 0 Å². The van der Waals surface area contributed by atoms with E-state index in [1.807, 2.05) is 0 Å². The van der Waals surface area contributed by atoms with Gasteiger partial charge in [-0.3, -0.25) is 0 Å². The maximum absolute atomic E-state index is 10.7. The minimum Gasteiger partial charge on any atom is -0.507 e. The average molecular weight is 392 g/mol. The van der Waals surface area contributed by atoms with E-state index in [0.29, 0.717) is 0 Å². The summed E-state index contributed by atoms with van der Waals surface area (Å²) in [5, 5.41) is 82.8. The molecule has 0 bridgehead atoms. The first-order valence-corrected chi connectivity index (χ1v) is 8.77. The van der Waals surface area contributed by atoms with E-state index in [1.165, 1.54) is 27.7 Å². The van der Waals surface area contributed by atoms with Gasteiger partial charge < -0.3 is 40.9 Å². The molecule has 0 atom stereocenters. The highest BCUT2D eigenvalue weighted by Gasteiger charge is 2.54. The van der Waals surface area contributed by atoms with Gasteiger partial charge in [0.25, 0.3) is 0 Å². The fourth-order valence-electron chi connectivity index (χ4n) is 4.06. The van der Waals surface area contributed by atoms with Gasteiger partial charge in [-0.05, 0) is 27.7 Å². The second-order valence-electron chi connectivity index (χ2n) is 7.45. The van der Waals surface area contributed by atoms with Crippen LogP contribution < -0.4 is 0 Å². The molecule has 0 saturated heterocycles. The lowest BCUT2D eigenvalue weighted by atomic mass is 9.62. The molecule has 0 aliphatic heterocycles. The van der Waals surface area contributed by atoms with E-state index in [0.717, 1.165) is 0 Å². The van der Waals surface area contributed by atoms with Crippen LogP contribution in [0.1, 0.15) is 45.2 Å². The Morgan fingerprint density at radius 2 is 0.643 bits per heavy atom. The number of hydrogen-bond donors (Lipinski definition) is 8. The lowest BCUT2D eigenvalue weighted by Gasteiger charge is -2.47. The SMILES string of the molecule is Cc1c(O)c(C)c(O)c(C2C(O)C(c3c(O)c(C)c(O)c(C)c3O)C2O)c1O. The molecule has 0 unspecified atom stereocenters. The Morgan fingerprint density at radius 3 is 0.857 bits per heavy atom. The fourth-order valence-corrected chi connectivity index (χ4v) is 4.06. The average Bonchev–Trinajstić information content (AvgIpc) is 2.68. The number of phenols is 6. The van der Waals surface area contributed by atoms with E-state index in [-0.39, 0.29) is 44.9 Å². The van der Waals surface area contributed by atoms with E-state index in [2.05, 4.69) is 0 Å². The van der Waals surface area contributed by atoms with Gasteiger partial charge >= 0.3 is 0 Å². The smallest absolute Gasteiger partial charge is 0.129 e. The Kier molecular flexibility index (Phi) is 4.52. The zero-order chi connectivity index (χ0) is 21.2. The van der Waals surface area contributed by atoms with Crippen LogP contribution in [0.25, 0.3) is 0 Å². The second-order valence-corrected chi connectivity index (χ2v) is 7.45. The van der Waals surface area contributed by atoms with Gasteiger partial charge in [0.05, 0.1) is 12.2 Å². The van der Waals surface area contributed by atoms with Gasteiger partial charge in [-0.2, -0.15) is 0 Å². The zero-order valence-corrected chi connectivity index (χ0v) is 15.9. The topological polar surface area (TPSA) is 162 Å². The van der Waals surface area contributed by atoms with Gasteiger partial charge in [0.15, 0.2) is 0 Å². The molecule has 152 valence electrons. The van der Waals surface area contributed by atoms with E-state index in [9.17, 15) is 40.9 Å². The molecular formula is C20H24O8. The van der Waals surface area contributed by atoms with Crippen molar-refractivity contribution in [1.29, 1.82) is 0 Å². The summed E-state index contributed by atoms with van der Waals surface area (Å²) in [7, 11) is 0. The monoisotopic (exact) mass is 392 g/mol. The van der Waals surface area contributed by atoms with Crippen LogP contribution >= 0.6 is 0 Å². The van der Waals surface area contributed by atoms with Crippen molar-refractivity contribution >= 4 is 0 Å². The fraction of sp³-hybridized carbons (Fsp3) is 0.400. The molecule has 28 heavy (non-hydrogen) atoms. The van der Waals surface area contributed by atoms with Crippen molar-refractivity contribution < 1.29 is 40.9 Å². The molecule has 1 fully saturated rings. The number of rotatable bonds is 2. The molecule has 0 heterocycles. The van der Waals surface area contributed by atoms with Crippen LogP contribution in [0.3, 0.4) is 0 Å². The molecule has 8 N–H and O–H groups in total. The molecule has 1 saturated carbocycles. The standard InChI is InChI=1S/C20H24O8/c1-5-13(21)6(2)16(24)9(15(5)23)11-19(27)12(20(11)28)10-17(25)7(3)14(22)8(4)18(10)26/h11-12,19-28H,1-4H3. The normalized spacial score (nSPS) is 24.2. The molecule has 0 amide bonds. The Labute approximate surface area is 161 Å². The summed E-state index contributed by atoms with van der Waals surface area (Å²) in [6, 6.07) is 0. The van der Waals surface area contributed by atoms with Gasteiger partial charge in [-0.1, -0.05) is 0 Å². The van der Waals surface area contributed by atoms with Crippen LogP contribution in [0.4, 0.5) is 0 Å². The molecule has 2 aromatic carbocycles. The van der Waals surface area contributed by atoms with Crippen LogP contribution in [0.5, 0.6) is 34.5 Å². The van der Waals surface area contributed by atoms with Crippen molar-refractivity contribution in [1.82, 2.24) is 0 Å². The molecular weight excluding hydrogens is 368 g/mol. The summed E-state index contributed by atoms with van der Waals surface area (Å²) in [6.07, 6.45) is -2.73. The van der Waals surface area contributed by atoms with Gasteiger partial charge in [0.1, 0.15) is 34.5 Å². The number of hydrogen-bond acceptors (Lipinski definition) is 8. The van der Waals surface area contributed by atoms with Crippen molar-refractivity contribution in [2.24, 2.45) is 0 Å². The zero-order valence-electron chi connectivity index (χ0n) is 15.9. The summed E-state index contributed by atoms with van der Waals surface area (Å²) in [5.74, 6) is -4.62. The molecule has 8 heteroatoms. The second kappa shape index (κ2) is 6.35. The van der Waals surface area contributed by atoms with Crippen molar-refractivity contribution in [3.63, 3.8) is 0 Å². The van der Waals surface area contributed by atoms with Crippen LogP contribution in [0.15, 0.2) is 0 Å². The number of aromatic hydroxyl groups is 6. The molecule has 0 radical (unpaired) electrons. The Morgan fingerprint density at radius 1 is 0.429 bits per heavy atom. The van der Waals surface area contributed by atoms with Crippen molar-refractivity contribution in [2.45, 2.75) is 51.7 Å². The van der Waals surface area contributed by atoms with E-state index in [4.69, 9.17) is 0 Å². The summed E-state index contributed by atoms with van der Waals surface area (Å²) in [5.41, 5.74) is 0.140. The lowest BCUT2D eigenvalue weighted by molar-refractivity contribution is -0.0811. The van der Waals surface area contributed by atoms with Gasteiger partial charge in [0.2, 0.25) is 0 Å². The van der Waals surface area contributed by atoms with Gasteiger partial charge in [-0.25, -0.2) is 0 Å². The Hall–Kier alpha value is -2.84. The largest absolute Gasteiger partial charge is 0.507 e. The number of aliphatic hydroxyl groups excluding tert-OH is 2. The van der Waals surface area contributed by atoms with Crippen LogP contribution in [-0.4, -0.2) is 53.1 Å². The van der Waals surface area contributed by atoms with E-state index >= 15 is 0 Å². The maximum Gasteiger partial charge on any atom is 0.129 e. The summed E-state index contributed by atoms with van der Waals surface area (Å²) < 4.78 is 0. The van der Waals surface area contributed by atoms with E-state index in [1.54, 1.807) is 0 Å². The third kappa shape index (κ3) is 2.38. The third-order valence-corrected chi connectivity index (χ3v) is 6.00. The molecule has 2 aromatic rings. The summed E-state index contributed by atoms with van der Waals surface area (Å²) in [4.78, 5) is 0. The number of aliphatic hydroxyl groups is 2. The number of benzene rings is 2. The predicted octanol–water partition coefficient (Wildman–Crippen LogP) is 1.76. The van der Waals surface area contributed by atoms with Crippen LogP contribution in [0.2, 0.25) is 0 Å². The van der Waals surface area contributed by atoms with Crippen molar-refractivity contribution in [3.05, 3.63) is 33.4 Å². The first kappa shape index (κ1) is 19.9. The highest BCUT2D eigenvalue weighted by atomic mass is 16.3. The Balaban J connectivity index is 2.12. The van der Waals surface area contributed by atoms with E-state index < -0.39 is 47.0 Å². The molecule has 0 aromatic heterocycles. The highest BCUT2D eigenvalue weighted by Crippen LogP contribution is 2.58.